The first-order valence-corrected chi connectivity index (χ1v) is 41.7. The summed E-state index contributed by atoms with van der Waals surface area (Å²) in [5, 5.41) is 74.0. The van der Waals surface area contributed by atoms with E-state index in [1.165, 1.54) is 118 Å². The number of nitrogens with zero attached hydrogens (tertiary/aromatic N) is 13. The van der Waals surface area contributed by atoms with Gasteiger partial charge in [-0.2, -0.15) is 0 Å². The van der Waals surface area contributed by atoms with Crippen LogP contribution in [0.4, 0.5) is 76.8 Å². The topological polar surface area (TPSA) is 432 Å². The molecule has 14 aromatic rings. The molecule has 3 atom stereocenters. The lowest BCUT2D eigenvalue weighted by atomic mass is 9.78. The molecule has 14 N–H and O–H groups in total. The Kier molecular flexibility index (Phi) is 33.1. The summed E-state index contributed by atoms with van der Waals surface area (Å²) in [7, 11) is 2.29. The number of nitrogens with two attached hydrogens (primary N) is 4. The van der Waals surface area contributed by atoms with Crippen LogP contribution in [-0.4, -0.2) is 210 Å². The molecule has 7 aromatic carbocycles. The van der Waals surface area contributed by atoms with Crippen LogP contribution in [0.15, 0.2) is 150 Å². The minimum Gasteiger partial charge on any atom is -0.480 e. The summed E-state index contributed by atoms with van der Waals surface area (Å²) < 4.78 is 139. The van der Waals surface area contributed by atoms with Gasteiger partial charge in [-0.25, -0.2) is 45.7 Å². The Hall–Kier alpha value is -12.6. The van der Waals surface area contributed by atoms with Crippen molar-refractivity contribution in [2.45, 2.75) is 33.2 Å². The number of anilines is 8. The molecule has 18 rings (SSSR count). The van der Waals surface area contributed by atoms with Crippen LogP contribution in [0.3, 0.4) is 0 Å². The van der Waals surface area contributed by atoms with Gasteiger partial charge >= 0.3 is 7.12 Å². The molecular formula is C90H90BCl4F7N18O13. The second-order valence-electron chi connectivity index (χ2n) is 29.7. The van der Waals surface area contributed by atoms with Crippen LogP contribution in [0.1, 0.15) is 66.9 Å². The normalized spacial score (nSPS) is 14.5. The fourth-order valence-corrected chi connectivity index (χ4v) is 16.0. The number of hydrogen-bond donors (Lipinski definition) is 10. The molecule has 0 aliphatic carbocycles. The Morgan fingerprint density at radius 2 is 0.692 bits per heavy atom. The molecule has 0 amide bonds. The number of benzene rings is 7. The van der Waals surface area contributed by atoms with E-state index in [1.54, 1.807) is 18.2 Å². The monoisotopic (exact) mass is 1910 g/mol. The van der Waals surface area contributed by atoms with Crippen molar-refractivity contribution in [2.24, 2.45) is 0 Å². The van der Waals surface area contributed by atoms with E-state index in [2.05, 4.69) is 55.4 Å². The summed E-state index contributed by atoms with van der Waals surface area (Å²) in [4.78, 5) is 35.4. The van der Waals surface area contributed by atoms with Crippen LogP contribution >= 0.6 is 46.4 Å². The van der Waals surface area contributed by atoms with E-state index in [9.17, 15) is 33.3 Å². The summed E-state index contributed by atoms with van der Waals surface area (Å²) in [6, 6.07) is 34.0. The molecule has 0 radical (unpaired) electrons. The van der Waals surface area contributed by atoms with E-state index in [1.807, 2.05) is 20.8 Å². The lowest BCUT2D eigenvalue weighted by Crippen LogP contribution is -2.36. The minimum atomic E-state index is -2.02. The van der Waals surface area contributed by atoms with Crippen molar-refractivity contribution in [3.63, 3.8) is 0 Å². The highest BCUT2D eigenvalue weighted by Gasteiger charge is 2.30. The number of aliphatic hydroxyl groups is 3. The largest absolute Gasteiger partial charge is 0.491 e. The maximum atomic E-state index is 15.5. The van der Waals surface area contributed by atoms with Crippen LogP contribution in [-0.2, 0) is 18.9 Å². The van der Waals surface area contributed by atoms with Crippen LogP contribution in [0, 0.1) is 40.7 Å². The number of morpholine rings is 4. The maximum Gasteiger partial charge on any atom is 0.491 e. The smallest absolute Gasteiger partial charge is 0.480 e. The van der Waals surface area contributed by atoms with E-state index < -0.39 is 71.2 Å². The van der Waals surface area contributed by atoms with Crippen molar-refractivity contribution >= 4 is 149 Å². The number of halogens is 11. The van der Waals surface area contributed by atoms with Crippen molar-refractivity contribution in [3.05, 3.63) is 250 Å². The predicted octanol–water partition coefficient (Wildman–Crippen LogP) is 13.1. The van der Waals surface area contributed by atoms with E-state index >= 15 is 17.6 Å². The molecule has 4 aliphatic heterocycles. The van der Waals surface area contributed by atoms with Crippen LogP contribution in [0.25, 0.3) is 65.9 Å². The van der Waals surface area contributed by atoms with E-state index in [4.69, 9.17) is 113 Å². The molecule has 7 aromatic heterocycles. The number of aliphatic hydroxyl groups excluding tert-OH is 3. The van der Waals surface area contributed by atoms with Gasteiger partial charge in [0.25, 0.3) is 0 Å². The zero-order valence-electron chi connectivity index (χ0n) is 69.8. The molecular weight excluding hydrogens is 1830 g/mol. The van der Waals surface area contributed by atoms with Crippen LogP contribution in [0.5, 0.6) is 17.6 Å². The Morgan fingerprint density at radius 1 is 0.376 bits per heavy atom. The molecule has 4 saturated heterocycles. The number of H-pyrrole nitrogens is 1. The molecule has 698 valence electrons. The average Bonchev–Trinajstić information content (AvgIpc) is 0.762. The minimum absolute atomic E-state index is 0. The number of fused-ring (bicyclic) bond motifs is 4. The predicted molar refractivity (Wildman–Crippen MR) is 498 cm³/mol. The maximum absolute atomic E-state index is 15.5. The molecule has 0 spiro atoms. The third-order valence-electron chi connectivity index (χ3n) is 21.4. The number of aromatic amines is 1. The van der Waals surface area contributed by atoms with Crippen LogP contribution < -0.4 is 67.6 Å². The summed E-state index contributed by atoms with van der Waals surface area (Å²) >= 11 is 24.4. The summed E-state index contributed by atoms with van der Waals surface area (Å²) in [5.41, 5.74) is 28.1. The van der Waals surface area contributed by atoms with Crippen molar-refractivity contribution < 1.29 is 89.3 Å². The third kappa shape index (κ3) is 23.0. The highest BCUT2D eigenvalue weighted by molar-refractivity contribution is 6.58. The summed E-state index contributed by atoms with van der Waals surface area (Å²) in [6.07, 6.45) is -3.94. The lowest BCUT2D eigenvalue weighted by molar-refractivity contribution is 0.122. The van der Waals surface area contributed by atoms with Gasteiger partial charge in [0.2, 0.25) is 17.6 Å². The molecule has 0 bridgehead atoms. The van der Waals surface area contributed by atoms with E-state index in [0.717, 1.165) is 48.7 Å². The fourth-order valence-electron chi connectivity index (χ4n) is 14.9. The number of rotatable bonds is 16. The number of hydrogen-bond acceptors (Lipinski definition) is 30. The number of pyridine rings is 4. The first kappa shape index (κ1) is 99.4. The van der Waals surface area contributed by atoms with Gasteiger partial charge in [-0.05, 0) is 115 Å². The van der Waals surface area contributed by atoms with Gasteiger partial charge in [-0.3, -0.25) is 4.79 Å². The Morgan fingerprint density at radius 3 is 1.03 bits per heavy atom. The van der Waals surface area contributed by atoms with Crippen molar-refractivity contribution in [1.82, 2.24) is 50.5 Å². The quantitative estimate of drug-likeness (QED) is 0.0317. The SMILES string of the molecule is C.C.COc1ccc(C(O)c2cc(B(O)O)c(F)cc2Cl)nn1.COc1ccc([C@@H](O)c2cc(-c3cc(N)nc4cc(N5CCOCC5)cc(F)c34)c(F)cc2Cl)nn1.COc1ccc([C@H](O)c2cc(-c3cc(N)nc4cc(N5CCOCC5)cc(F)c34)c(F)cc2Cl)nn1.Nc1cc(=O)c2c(F)cc(N3CCOCC3)cc2[nH]1.Nc1cc(Cl)c2c(F)cc(N3CCOCC3)cc2n1. The molecule has 11 heterocycles. The fraction of sp³-hybridized carbons (Fsp3) is 0.267. The Labute approximate surface area is 776 Å². The van der Waals surface area contributed by atoms with E-state index in [0.29, 0.717) is 120 Å². The third-order valence-corrected chi connectivity index (χ3v) is 22.7. The Bertz CT molecular complexity index is 6350. The number of aromatic nitrogens is 10. The highest BCUT2D eigenvalue weighted by Crippen LogP contribution is 2.43. The van der Waals surface area contributed by atoms with Gasteiger partial charge in [0, 0.05) is 170 Å². The average molecular weight is 1920 g/mol. The number of nitrogens with one attached hydrogen (secondary N) is 1. The number of nitrogen functional groups attached to an aromatic ring is 4. The van der Waals surface area contributed by atoms with Crippen LogP contribution in [0.2, 0.25) is 20.1 Å². The van der Waals surface area contributed by atoms with Gasteiger partial charge in [0.1, 0.15) is 82.3 Å². The molecule has 43 heteroatoms. The van der Waals surface area contributed by atoms with Gasteiger partial charge in [0.15, 0.2) is 5.43 Å². The number of ether oxygens (including phenoxy) is 7. The molecule has 31 nitrogen and oxygen atoms in total. The molecule has 0 saturated carbocycles. The summed E-state index contributed by atoms with van der Waals surface area (Å²) in [5.74, 6) is -2.85. The van der Waals surface area contributed by atoms with Gasteiger partial charge in [-0.1, -0.05) is 67.3 Å². The van der Waals surface area contributed by atoms with Crippen molar-refractivity contribution in [2.75, 3.05) is 169 Å². The second kappa shape index (κ2) is 44.3. The van der Waals surface area contributed by atoms with Gasteiger partial charge in [-0.15, -0.1) is 30.6 Å². The molecule has 133 heavy (non-hydrogen) atoms. The van der Waals surface area contributed by atoms with Crippen molar-refractivity contribution in [1.29, 1.82) is 0 Å². The molecule has 1 unspecified atom stereocenters. The zero-order chi connectivity index (χ0) is 93.2. The van der Waals surface area contributed by atoms with Gasteiger partial charge < -0.3 is 106 Å². The lowest BCUT2D eigenvalue weighted by Gasteiger charge is -2.29. The first-order chi connectivity index (χ1) is 62.9. The van der Waals surface area contributed by atoms with Gasteiger partial charge in [0.05, 0.1) is 129 Å². The first-order valence-electron chi connectivity index (χ1n) is 40.2. The van der Waals surface area contributed by atoms with Crippen molar-refractivity contribution in [3.8, 4) is 39.9 Å². The number of methoxy groups -OCH3 is 3. The Balaban J connectivity index is 0.000000154. The molecule has 4 fully saturated rings. The highest BCUT2D eigenvalue weighted by atomic mass is 35.5. The zero-order valence-corrected chi connectivity index (χ0v) is 72.8. The second-order valence-corrected chi connectivity index (χ2v) is 31.3. The van der Waals surface area contributed by atoms with E-state index in [-0.39, 0.29) is 165 Å². The summed E-state index contributed by atoms with van der Waals surface area (Å²) in [6.45, 7) is 10.0. The standard InChI is InChI=1S/2C25H22ClF2N5O3.C13H13ClFN3O.C13H14FN3O2.C12H11BClFN2O4.2CH4/c2*1-35-23-3-2-20(31-32-23)25(34)16-10-14(18(27)12-17(16)26)15-11-22(29)30-21-9-13(8-19(28)24(15)21)33-4-6-36-7-5-33;14-9-7-12(16)17-11-6-8(5-10(15)13(9)11)18-1-3-19-4-2-18;14-9-5-8(17-1-3-19-4-2-17)6-10-13(9)11(18)7-12(15)16-10;1-21-11-3-2-10(16-17-11)12(18)6-4-7(13(19)20)9(15)5-8(6)14;;/h2*2-3,8-12,25,34H,4-7H2,1H3,(H2,29,30);5-7H,1-4H2,(H2,16,17);5-7H,1-4H2,(H3,15,16,18);2-5,12,18-20H,1H3;2*1H4/t2*25-;;;;;/m10...../s1. The molecule has 4 aliphatic rings.